The predicted molar refractivity (Wildman–Crippen MR) is 25.0 cm³/mol. The van der Waals surface area contributed by atoms with E-state index in [1.165, 1.54) is 0 Å². The molecule has 0 saturated carbocycles. The smallest absolute Gasteiger partial charge is 0.372 e. The van der Waals surface area contributed by atoms with Gasteiger partial charge in [-0.1, -0.05) is 6.92 Å². The van der Waals surface area contributed by atoms with E-state index in [-0.39, 0.29) is 0 Å². The molecule has 0 amide bonds. The highest BCUT2D eigenvalue weighted by molar-refractivity contribution is 6.57. The third-order valence-corrected chi connectivity index (χ3v) is 0.758. The molecular formula is C2H5B2NO. The van der Waals surface area contributed by atoms with Crippen LogP contribution in [0.3, 0.4) is 0 Å². The molecule has 1 aliphatic rings. The average Bonchev–Trinajstić information content (AvgIpc) is 1.31. The van der Waals surface area contributed by atoms with E-state index in [9.17, 15) is 0 Å². The molecule has 30 valence electrons. The molecule has 6 heavy (non-hydrogen) atoms. The molecule has 2 nitrogen and oxygen atoms in total. The lowest BCUT2D eigenvalue weighted by Gasteiger charge is -2.25. The fourth-order valence-electron chi connectivity index (χ4n) is 0.296. The Morgan fingerprint density at radius 2 is 2.33 bits per heavy atom. The Morgan fingerprint density at radius 3 is 2.33 bits per heavy atom. The zero-order chi connectivity index (χ0) is 4.41. The minimum Gasteiger partial charge on any atom is -0.479 e. The summed E-state index contributed by atoms with van der Waals surface area (Å²) in [4.78, 5) is 0. The minimum atomic E-state index is 1.01. The van der Waals surface area contributed by atoms with Gasteiger partial charge in [-0.2, -0.15) is 0 Å². The molecule has 1 saturated heterocycles. The van der Waals surface area contributed by atoms with Crippen LogP contribution in [-0.2, 0) is 4.57 Å². The monoisotopic (exact) mass is 81.1 g/mol. The van der Waals surface area contributed by atoms with Crippen molar-refractivity contribution < 1.29 is 4.57 Å². The zero-order valence-corrected chi connectivity index (χ0v) is 3.72. The van der Waals surface area contributed by atoms with E-state index in [1.807, 2.05) is 4.72 Å². The van der Waals surface area contributed by atoms with E-state index in [2.05, 4.69) is 11.5 Å². The molecule has 0 aromatic heterocycles. The van der Waals surface area contributed by atoms with Gasteiger partial charge in [0.2, 0.25) is 0 Å². The van der Waals surface area contributed by atoms with Gasteiger partial charge in [0.05, 0.1) is 0 Å². The van der Waals surface area contributed by atoms with Gasteiger partial charge in [0, 0.05) is 0 Å². The van der Waals surface area contributed by atoms with Crippen molar-refractivity contribution in [3.8, 4) is 0 Å². The molecule has 1 aliphatic heterocycles. The van der Waals surface area contributed by atoms with E-state index >= 15 is 0 Å². The highest BCUT2D eigenvalue weighted by Crippen LogP contribution is 1.91. The van der Waals surface area contributed by atoms with E-state index in [0.29, 0.717) is 0 Å². The van der Waals surface area contributed by atoms with Gasteiger partial charge < -0.3 is 9.29 Å². The summed E-state index contributed by atoms with van der Waals surface area (Å²) >= 11 is 0. The molecule has 4 heteroatoms. The Morgan fingerprint density at radius 1 is 1.67 bits per heavy atom. The summed E-state index contributed by atoms with van der Waals surface area (Å²) in [5.74, 6) is 0. The van der Waals surface area contributed by atoms with Gasteiger partial charge in [0.1, 0.15) is 0 Å². The van der Waals surface area contributed by atoms with Crippen LogP contribution in [0, 0.1) is 0 Å². The first-order chi connectivity index (χ1) is 2.93. The van der Waals surface area contributed by atoms with Crippen LogP contribution in [0.4, 0.5) is 0 Å². The van der Waals surface area contributed by atoms with Crippen molar-refractivity contribution in [2.75, 3.05) is 6.54 Å². The van der Waals surface area contributed by atoms with Crippen LogP contribution >= 0.6 is 0 Å². The lowest BCUT2D eigenvalue weighted by atomic mass is 9.91. The first-order valence-electron chi connectivity index (χ1n) is 2.01. The maximum absolute atomic E-state index is 4.60. The van der Waals surface area contributed by atoms with E-state index in [1.54, 1.807) is 15.2 Å². The van der Waals surface area contributed by atoms with Gasteiger partial charge in [-0.25, -0.2) is 0 Å². The second kappa shape index (κ2) is 1.67. The molecule has 2 radical (unpaired) electrons. The normalized spacial score (nSPS) is 20.8. The Bertz CT molecular complexity index is 44.1. The van der Waals surface area contributed by atoms with Crippen molar-refractivity contribution in [1.29, 1.82) is 0 Å². The van der Waals surface area contributed by atoms with Crippen molar-refractivity contribution in [3.63, 3.8) is 0 Å². The largest absolute Gasteiger partial charge is 0.479 e. The molecule has 0 atom stereocenters. The third-order valence-electron chi connectivity index (χ3n) is 0.758. The number of hydrogen-bond acceptors (Lipinski definition) is 2. The summed E-state index contributed by atoms with van der Waals surface area (Å²) < 4.78 is 6.56. The predicted octanol–water partition coefficient (Wildman–Crippen LogP) is -0.593. The van der Waals surface area contributed by atoms with Crippen LogP contribution in [0.25, 0.3) is 0 Å². The molecule has 0 aliphatic carbocycles. The van der Waals surface area contributed by atoms with E-state index in [0.717, 1.165) is 6.54 Å². The van der Waals surface area contributed by atoms with Gasteiger partial charge >= 0.3 is 15.2 Å². The van der Waals surface area contributed by atoms with Crippen molar-refractivity contribution in [1.82, 2.24) is 4.72 Å². The number of hydrogen-bond donors (Lipinski definition) is 0. The Hall–Kier alpha value is 0.0499. The van der Waals surface area contributed by atoms with E-state index < -0.39 is 0 Å². The Kier molecular flexibility index (Phi) is 1.17. The fraction of sp³-hybridized carbons (Fsp3) is 1.00. The van der Waals surface area contributed by atoms with Gasteiger partial charge in [-0.3, -0.25) is 0 Å². The van der Waals surface area contributed by atoms with Gasteiger partial charge in [0.25, 0.3) is 0 Å². The summed E-state index contributed by atoms with van der Waals surface area (Å²) in [5.41, 5.74) is 0. The van der Waals surface area contributed by atoms with Crippen LogP contribution in [0.5, 0.6) is 0 Å². The molecular weight excluding hydrogens is 75.7 g/mol. The topological polar surface area (TPSA) is 12.5 Å². The maximum Gasteiger partial charge on any atom is 0.372 e. The van der Waals surface area contributed by atoms with Gasteiger partial charge in [0.15, 0.2) is 0 Å². The molecule has 1 rings (SSSR count). The van der Waals surface area contributed by atoms with Crippen LogP contribution in [0.15, 0.2) is 0 Å². The zero-order valence-electron chi connectivity index (χ0n) is 3.72. The fourth-order valence-corrected chi connectivity index (χ4v) is 0.296. The summed E-state index contributed by atoms with van der Waals surface area (Å²) in [6.45, 7) is 3.08. The lowest BCUT2D eigenvalue weighted by Crippen LogP contribution is -2.46. The lowest BCUT2D eigenvalue weighted by molar-refractivity contribution is 0.427. The first kappa shape index (κ1) is 4.22. The highest BCUT2D eigenvalue weighted by Gasteiger charge is 2.17. The summed E-state index contributed by atoms with van der Waals surface area (Å²) in [7, 11) is 3.36. The standard InChI is InChI=1S/C2H5B2NO/c1-2-5-3-6-4-5/h2H2,1H3. The average molecular weight is 80.7 g/mol. The van der Waals surface area contributed by atoms with Crippen molar-refractivity contribution in [2.45, 2.75) is 6.92 Å². The second-order valence-corrected chi connectivity index (χ2v) is 1.18. The number of nitrogens with zero attached hydrogens (tertiary/aromatic N) is 1. The maximum atomic E-state index is 4.60. The molecule has 1 heterocycles. The van der Waals surface area contributed by atoms with Crippen LogP contribution in [0.1, 0.15) is 6.92 Å². The van der Waals surface area contributed by atoms with E-state index in [4.69, 9.17) is 0 Å². The molecule has 1 fully saturated rings. The molecule has 0 N–H and O–H groups in total. The second-order valence-electron chi connectivity index (χ2n) is 1.18. The molecule has 0 bridgehead atoms. The minimum absolute atomic E-state index is 1.01. The van der Waals surface area contributed by atoms with Crippen molar-refractivity contribution >= 4 is 15.2 Å². The van der Waals surface area contributed by atoms with Gasteiger partial charge in [-0.05, 0) is 6.54 Å². The summed E-state index contributed by atoms with van der Waals surface area (Å²) in [6, 6.07) is 0. The van der Waals surface area contributed by atoms with Crippen molar-refractivity contribution in [2.24, 2.45) is 0 Å². The third kappa shape index (κ3) is 0.581. The highest BCUT2D eigenvalue weighted by atomic mass is 16.4. The van der Waals surface area contributed by atoms with Gasteiger partial charge in [-0.15, -0.1) is 0 Å². The van der Waals surface area contributed by atoms with Crippen LogP contribution in [0.2, 0.25) is 0 Å². The van der Waals surface area contributed by atoms with Crippen LogP contribution in [-0.4, -0.2) is 26.5 Å². The van der Waals surface area contributed by atoms with Crippen LogP contribution < -0.4 is 0 Å². The van der Waals surface area contributed by atoms with Crippen molar-refractivity contribution in [3.05, 3.63) is 0 Å². The molecule has 0 aromatic rings. The molecule has 0 unspecified atom stereocenters. The first-order valence-corrected chi connectivity index (χ1v) is 2.01. The Labute approximate surface area is 39.1 Å². The summed E-state index contributed by atoms with van der Waals surface area (Å²) in [5, 5.41) is 0. The Balaban J connectivity index is 2.01. The quantitative estimate of drug-likeness (QED) is 0.391. The molecule has 0 spiro atoms. The summed E-state index contributed by atoms with van der Waals surface area (Å²) in [6.07, 6.45) is 0. The molecule has 0 aromatic carbocycles. The SMILES string of the molecule is CCN1[B]O[B]1. The number of rotatable bonds is 1.